The second-order valence-corrected chi connectivity index (χ2v) is 4.10. The molecule has 0 saturated heterocycles. The van der Waals surface area contributed by atoms with Crippen LogP contribution in [-0.4, -0.2) is 25.2 Å². The highest BCUT2D eigenvalue weighted by molar-refractivity contribution is 14.1. The van der Waals surface area contributed by atoms with Gasteiger partial charge in [0.05, 0.1) is 26.2 Å². The number of hydrogen-bond donors (Lipinski definition) is 0. The first-order valence-electron chi connectivity index (χ1n) is 4.57. The molecule has 0 aliphatic carbocycles. The van der Waals surface area contributed by atoms with Crippen LogP contribution in [0.5, 0.6) is 5.75 Å². The molecule has 0 bridgehead atoms. The lowest BCUT2D eigenvalue weighted by Crippen LogP contribution is -2.10. The fourth-order valence-electron chi connectivity index (χ4n) is 1.32. The minimum Gasteiger partial charge on any atom is -0.493 e. The average Bonchev–Trinajstić information content (AvgIpc) is 2.30. The van der Waals surface area contributed by atoms with Crippen LogP contribution in [0, 0.1) is 3.70 Å². The smallest absolute Gasteiger partial charge is 0.310 e. The van der Waals surface area contributed by atoms with E-state index in [2.05, 4.69) is 9.72 Å². The van der Waals surface area contributed by atoms with E-state index in [0.717, 1.165) is 0 Å². The van der Waals surface area contributed by atoms with Gasteiger partial charge in [-0.2, -0.15) is 0 Å². The van der Waals surface area contributed by atoms with Gasteiger partial charge in [0.15, 0.2) is 5.75 Å². The van der Waals surface area contributed by atoms with Gasteiger partial charge in [-0.15, -0.1) is 0 Å². The van der Waals surface area contributed by atoms with Crippen molar-refractivity contribution in [2.45, 2.75) is 12.8 Å². The summed E-state index contributed by atoms with van der Waals surface area (Å²) in [6, 6.07) is 0. The van der Waals surface area contributed by atoms with E-state index in [9.17, 15) is 13.6 Å². The van der Waals surface area contributed by atoms with Gasteiger partial charge in [0.25, 0.3) is 6.43 Å². The number of carbonyl (C=O) groups excluding carboxylic acids is 1. The van der Waals surface area contributed by atoms with Crippen molar-refractivity contribution in [3.63, 3.8) is 0 Å². The molecule has 1 heterocycles. The van der Waals surface area contributed by atoms with Crippen LogP contribution in [0.3, 0.4) is 0 Å². The van der Waals surface area contributed by atoms with E-state index < -0.39 is 12.4 Å². The minimum absolute atomic E-state index is 0.00185. The lowest BCUT2D eigenvalue weighted by Gasteiger charge is -2.13. The Bertz CT molecular complexity index is 426. The number of halogens is 3. The largest absolute Gasteiger partial charge is 0.493 e. The van der Waals surface area contributed by atoms with E-state index in [0.29, 0.717) is 3.70 Å². The number of ether oxygens (including phenoxy) is 2. The second kappa shape index (κ2) is 6.08. The zero-order chi connectivity index (χ0) is 13.0. The molecule has 1 aromatic heterocycles. The van der Waals surface area contributed by atoms with Gasteiger partial charge < -0.3 is 9.47 Å². The number of rotatable bonds is 4. The van der Waals surface area contributed by atoms with Gasteiger partial charge in [0.1, 0.15) is 3.70 Å². The third-order valence-electron chi connectivity index (χ3n) is 2.10. The molecule has 0 aliphatic heterocycles. The van der Waals surface area contributed by atoms with Crippen molar-refractivity contribution in [3.05, 3.63) is 21.0 Å². The Kier molecular flexibility index (Phi) is 5.03. The van der Waals surface area contributed by atoms with Crippen LogP contribution in [-0.2, 0) is 16.0 Å². The molecule has 1 rings (SSSR count). The minimum atomic E-state index is -2.74. The van der Waals surface area contributed by atoms with Crippen molar-refractivity contribution in [1.82, 2.24) is 4.98 Å². The second-order valence-electron chi connectivity index (χ2n) is 3.07. The molecule has 0 amide bonds. The molecule has 0 radical (unpaired) electrons. The van der Waals surface area contributed by atoms with Crippen LogP contribution in [0.25, 0.3) is 0 Å². The van der Waals surface area contributed by atoms with E-state index in [1.165, 1.54) is 20.4 Å². The zero-order valence-corrected chi connectivity index (χ0v) is 11.3. The van der Waals surface area contributed by atoms with E-state index in [-0.39, 0.29) is 23.3 Å². The summed E-state index contributed by atoms with van der Waals surface area (Å²) in [4.78, 5) is 15.0. The summed E-state index contributed by atoms with van der Waals surface area (Å²) < 4.78 is 35.5. The molecule has 4 nitrogen and oxygen atoms in total. The summed E-state index contributed by atoms with van der Waals surface area (Å²) in [6.45, 7) is 0. The Balaban J connectivity index is 3.25. The molecule has 0 atom stereocenters. The van der Waals surface area contributed by atoms with E-state index in [1.54, 1.807) is 22.6 Å². The quantitative estimate of drug-likeness (QED) is 0.472. The van der Waals surface area contributed by atoms with Gasteiger partial charge in [0.2, 0.25) is 0 Å². The summed E-state index contributed by atoms with van der Waals surface area (Å²) in [5.74, 6) is -0.598. The molecule has 0 aliphatic rings. The van der Waals surface area contributed by atoms with Gasteiger partial charge in [-0.25, -0.2) is 13.8 Å². The van der Waals surface area contributed by atoms with Crippen molar-refractivity contribution >= 4 is 28.6 Å². The Morgan fingerprint density at radius 3 is 2.65 bits per heavy atom. The summed E-state index contributed by atoms with van der Waals surface area (Å²) >= 11 is 1.79. The predicted molar refractivity (Wildman–Crippen MR) is 64.2 cm³/mol. The van der Waals surface area contributed by atoms with Crippen LogP contribution in [0.15, 0.2) is 6.20 Å². The maximum absolute atomic E-state index is 12.9. The molecule has 17 heavy (non-hydrogen) atoms. The van der Waals surface area contributed by atoms with Crippen LogP contribution < -0.4 is 4.74 Å². The fourth-order valence-corrected chi connectivity index (χ4v) is 1.97. The van der Waals surface area contributed by atoms with Crippen LogP contribution in [0.4, 0.5) is 8.78 Å². The first kappa shape index (κ1) is 14.1. The van der Waals surface area contributed by atoms with Crippen LogP contribution in [0.1, 0.15) is 17.6 Å². The molecule has 0 fully saturated rings. The summed E-state index contributed by atoms with van der Waals surface area (Å²) in [5.41, 5.74) is -0.193. The van der Waals surface area contributed by atoms with E-state index >= 15 is 0 Å². The number of hydrogen-bond acceptors (Lipinski definition) is 4. The molecule has 0 unspecified atom stereocenters. The molecular weight excluding hydrogens is 347 g/mol. The molecule has 0 saturated carbocycles. The topological polar surface area (TPSA) is 48.4 Å². The molecular formula is C10H10F2INO3. The highest BCUT2D eigenvalue weighted by Gasteiger charge is 2.23. The van der Waals surface area contributed by atoms with Crippen molar-refractivity contribution in [2.24, 2.45) is 0 Å². The number of nitrogens with zero attached hydrogens (tertiary/aromatic N) is 1. The van der Waals surface area contributed by atoms with E-state index in [4.69, 9.17) is 4.74 Å². The summed E-state index contributed by atoms with van der Waals surface area (Å²) in [5, 5.41) is 0. The normalized spacial score (nSPS) is 10.5. The van der Waals surface area contributed by atoms with Gasteiger partial charge in [-0.05, 0) is 28.2 Å². The Labute approximate surface area is 110 Å². The van der Waals surface area contributed by atoms with E-state index in [1.807, 2.05) is 0 Å². The predicted octanol–water partition coefficient (Wildman–Crippen LogP) is 2.35. The number of methoxy groups -OCH3 is 2. The van der Waals surface area contributed by atoms with Gasteiger partial charge in [0, 0.05) is 6.20 Å². The average molecular weight is 357 g/mol. The number of carbonyl (C=O) groups is 1. The van der Waals surface area contributed by atoms with Crippen molar-refractivity contribution in [3.8, 4) is 5.75 Å². The van der Waals surface area contributed by atoms with Crippen molar-refractivity contribution < 1.29 is 23.0 Å². The number of pyridine rings is 1. The van der Waals surface area contributed by atoms with Crippen LogP contribution >= 0.6 is 22.6 Å². The molecule has 0 spiro atoms. The highest BCUT2D eigenvalue weighted by Crippen LogP contribution is 2.34. The fraction of sp³-hybridized carbons (Fsp3) is 0.400. The lowest BCUT2D eigenvalue weighted by molar-refractivity contribution is -0.139. The third-order valence-corrected chi connectivity index (χ3v) is 2.86. The lowest BCUT2D eigenvalue weighted by atomic mass is 10.1. The van der Waals surface area contributed by atoms with Gasteiger partial charge >= 0.3 is 5.97 Å². The summed E-state index contributed by atoms with van der Waals surface area (Å²) in [6.07, 6.45) is -1.75. The monoisotopic (exact) mass is 357 g/mol. The number of aromatic nitrogens is 1. The molecule has 1 aromatic rings. The van der Waals surface area contributed by atoms with Crippen molar-refractivity contribution in [2.75, 3.05) is 14.2 Å². The van der Waals surface area contributed by atoms with Gasteiger partial charge in [-0.3, -0.25) is 4.79 Å². The standard InChI is InChI=1S/C10H10F2INO3/c1-16-6(15)3-5-4-14-10(13)8(17-2)7(5)9(11)12/h4,9H,3H2,1-2H3. The van der Waals surface area contributed by atoms with Crippen LogP contribution in [0.2, 0.25) is 0 Å². The Morgan fingerprint density at radius 1 is 1.53 bits per heavy atom. The molecule has 7 heteroatoms. The number of alkyl halides is 2. The SMILES string of the molecule is COC(=O)Cc1cnc(I)c(OC)c1C(F)F. The molecule has 94 valence electrons. The first-order valence-corrected chi connectivity index (χ1v) is 5.65. The maximum atomic E-state index is 12.9. The Morgan fingerprint density at radius 2 is 2.18 bits per heavy atom. The summed E-state index contributed by atoms with van der Waals surface area (Å²) in [7, 11) is 2.48. The maximum Gasteiger partial charge on any atom is 0.310 e. The highest BCUT2D eigenvalue weighted by atomic mass is 127. The van der Waals surface area contributed by atoms with Gasteiger partial charge in [-0.1, -0.05) is 0 Å². The molecule has 0 N–H and O–H groups in total. The zero-order valence-electron chi connectivity index (χ0n) is 9.17. The number of esters is 1. The Hall–Kier alpha value is -0.990. The third kappa shape index (κ3) is 3.24. The first-order chi connectivity index (χ1) is 8.01. The van der Waals surface area contributed by atoms with Crippen molar-refractivity contribution in [1.29, 1.82) is 0 Å². The molecule has 0 aromatic carbocycles.